The minimum Gasteiger partial charge on any atom is -0.452 e. The quantitative estimate of drug-likeness (QED) is 0.435. The summed E-state index contributed by atoms with van der Waals surface area (Å²) in [4.78, 5) is 38.2. The van der Waals surface area contributed by atoms with E-state index in [9.17, 15) is 14.4 Å². The number of nitrogens with zero attached hydrogens (tertiary/aromatic N) is 2. The highest BCUT2D eigenvalue weighted by Crippen LogP contribution is 2.18. The molecule has 1 aromatic heterocycles. The van der Waals surface area contributed by atoms with Gasteiger partial charge in [-0.1, -0.05) is 49.2 Å². The second-order valence-corrected chi connectivity index (χ2v) is 7.55. The van der Waals surface area contributed by atoms with E-state index in [1.54, 1.807) is 24.3 Å². The molecule has 3 aromatic rings. The van der Waals surface area contributed by atoms with Crippen LogP contribution in [0.1, 0.15) is 57.3 Å². The van der Waals surface area contributed by atoms with Gasteiger partial charge in [-0.25, -0.2) is 9.48 Å². The molecule has 2 aromatic carbocycles. The fourth-order valence-corrected chi connectivity index (χ4v) is 3.74. The summed E-state index contributed by atoms with van der Waals surface area (Å²) < 4.78 is 6.63. The standard InChI is InChI=1S/C24H26N2O4/c1-5-6-11-26-23(28)19-10-8-7-9-18(19)22(25-26)24(29)30-14-20(27)21-16(3)12-15(2)13-17(21)4/h7-10,12-13H,5-6,11,14H2,1-4H3. The highest BCUT2D eigenvalue weighted by atomic mass is 16.5. The summed E-state index contributed by atoms with van der Waals surface area (Å²) in [5, 5.41) is 5.09. The van der Waals surface area contributed by atoms with E-state index in [2.05, 4.69) is 5.10 Å². The Balaban J connectivity index is 1.89. The Morgan fingerprint density at radius 1 is 1.03 bits per heavy atom. The lowest BCUT2D eigenvalue weighted by atomic mass is 9.97. The maximum Gasteiger partial charge on any atom is 0.359 e. The summed E-state index contributed by atoms with van der Waals surface area (Å²) in [7, 11) is 0. The Labute approximate surface area is 175 Å². The van der Waals surface area contributed by atoms with Crippen molar-refractivity contribution in [3.8, 4) is 0 Å². The molecule has 0 atom stereocenters. The number of rotatable bonds is 7. The first-order chi connectivity index (χ1) is 14.3. The van der Waals surface area contributed by atoms with Crippen molar-refractivity contribution in [2.24, 2.45) is 0 Å². The molecule has 0 fully saturated rings. The molecule has 0 N–H and O–H groups in total. The van der Waals surface area contributed by atoms with Crippen molar-refractivity contribution in [3.05, 3.63) is 74.7 Å². The van der Waals surface area contributed by atoms with Gasteiger partial charge in [0.1, 0.15) is 0 Å². The number of benzene rings is 2. The topological polar surface area (TPSA) is 78.3 Å². The van der Waals surface area contributed by atoms with Crippen LogP contribution in [0.15, 0.2) is 41.2 Å². The third-order valence-electron chi connectivity index (χ3n) is 5.07. The van der Waals surface area contributed by atoms with Crippen LogP contribution in [0.25, 0.3) is 10.8 Å². The minimum atomic E-state index is -0.716. The number of fused-ring (bicyclic) bond motifs is 1. The average molecular weight is 406 g/mol. The van der Waals surface area contributed by atoms with E-state index < -0.39 is 5.97 Å². The molecule has 156 valence electrons. The van der Waals surface area contributed by atoms with Crippen molar-refractivity contribution in [3.63, 3.8) is 0 Å². The van der Waals surface area contributed by atoms with Crippen LogP contribution in [-0.2, 0) is 11.3 Å². The second-order valence-electron chi connectivity index (χ2n) is 7.55. The smallest absolute Gasteiger partial charge is 0.359 e. The zero-order chi connectivity index (χ0) is 21.8. The van der Waals surface area contributed by atoms with Crippen LogP contribution >= 0.6 is 0 Å². The lowest BCUT2D eigenvalue weighted by Crippen LogP contribution is -2.27. The van der Waals surface area contributed by atoms with E-state index in [4.69, 9.17) is 4.74 Å². The van der Waals surface area contributed by atoms with Crippen LogP contribution in [0.4, 0.5) is 0 Å². The summed E-state index contributed by atoms with van der Waals surface area (Å²) in [6.07, 6.45) is 1.66. The summed E-state index contributed by atoms with van der Waals surface area (Å²) in [6, 6.07) is 10.7. The first-order valence-corrected chi connectivity index (χ1v) is 10.1. The van der Waals surface area contributed by atoms with Crippen LogP contribution in [0.3, 0.4) is 0 Å². The molecule has 0 unspecified atom stereocenters. The number of Topliss-reactive ketones (excluding diaryl/α,β-unsaturated/α-hetero) is 1. The summed E-state index contributed by atoms with van der Waals surface area (Å²) >= 11 is 0. The molecule has 6 heteroatoms. The maximum absolute atomic E-state index is 12.8. The van der Waals surface area contributed by atoms with Crippen molar-refractivity contribution >= 4 is 22.5 Å². The SMILES string of the molecule is CCCCn1nc(C(=O)OCC(=O)c2c(C)cc(C)cc2C)c2ccccc2c1=O. The van der Waals surface area contributed by atoms with Crippen molar-refractivity contribution in [1.29, 1.82) is 0 Å². The molecular weight excluding hydrogens is 380 g/mol. The number of hydrogen-bond acceptors (Lipinski definition) is 5. The van der Waals surface area contributed by atoms with Crippen molar-refractivity contribution in [1.82, 2.24) is 9.78 Å². The summed E-state index contributed by atoms with van der Waals surface area (Å²) in [6.45, 7) is 7.76. The third-order valence-corrected chi connectivity index (χ3v) is 5.07. The van der Waals surface area contributed by atoms with Crippen LogP contribution in [0.5, 0.6) is 0 Å². The Hall–Kier alpha value is -3.28. The number of ketones is 1. The molecule has 0 saturated heterocycles. The first-order valence-electron chi connectivity index (χ1n) is 10.1. The molecule has 0 radical (unpaired) electrons. The van der Waals surface area contributed by atoms with E-state index in [1.807, 2.05) is 39.8 Å². The molecular formula is C24H26N2O4. The minimum absolute atomic E-state index is 0.0476. The number of ether oxygens (including phenoxy) is 1. The van der Waals surface area contributed by atoms with Gasteiger partial charge in [0.2, 0.25) is 5.78 Å². The Kier molecular flexibility index (Phi) is 6.45. The van der Waals surface area contributed by atoms with Gasteiger partial charge in [0.25, 0.3) is 5.56 Å². The van der Waals surface area contributed by atoms with E-state index in [-0.39, 0.29) is 23.6 Å². The van der Waals surface area contributed by atoms with Gasteiger partial charge in [0.05, 0.1) is 5.39 Å². The first kappa shape index (κ1) is 21.4. The highest BCUT2D eigenvalue weighted by molar-refractivity contribution is 6.04. The molecule has 0 spiro atoms. The highest BCUT2D eigenvalue weighted by Gasteiger charge is 2.20. The fourth-order valence-electron chi connectivity index (χ4n) is 3.74. The number of carbonyl (C=O) groups is 2. The average Bonchev–Trinajstić information content (AvgIpc) is 2.71. The van der Waals surface area contributed by atoms with Gasteiger partial charge in [-0.3, -0.25) is 9.59 Å². The summed E-state index contributed by atoms with van der Waals surface area (Å²) in [5.41, 5.74) is 3.15. The molecule has 3 rings (SSSR count). The largest absolute Gasteiger partial charge is 0.452 e. The van der Waals surface area contributed by atoms with Gasteiger partial charge in [-0.2, -0.15) is 5.10 Å². The molecule has 0 aliphatic heterocycles. The lowest BCUT2D eigenvalue weighted by Gasteiger charge is -2.12. The van der Waals surface area contributed by atoms with Crippen molar-refractivity contribution < 1.29 is 14.3 Å². The number of aromatic nitrogens is 2. The molecule has 0 amide bonds. The zero-order valence-electron chi connectivity index (χ0n) is 17.8. The fraction of sp³-hybridized carbons (Fsp3) is 0.333. The van der Waals surface area contributed by atoms with E-state index in [1.165, 1.54) is 4.68 Å². The zero-order valence-corrected chi connectivity index (χ0v) is 17.8. The number of esters is 1. The molecule has 0 aliphatic carbocycles. The predicted octanol–water partition coefficient (Wildman–Crippen LogP) is 4.16. The summed E-state index contributed by atoms with van der Waals surface area (Å²) in [5.74, 6) is -0.978. The van der Waals surface area contributed by atoms with Gasteiger partial charge in [0, 0.05) is 17.5 Å². The van der Waals surface area contributed by atoms with Crippen LogP contribution in [-0.4, -0.2) is 28.1 Å². The molecule has 30 heavy (non-hydrogen) atoms. The molecule has 6 nitrogen and oxygen atoms in total. The number of carbonyl (C=O) groups excluding carboxylic acids is 2. The van der Waals surface area contributed by atoms with Gasteiger partial charge in [-0.15, -0.1) is 0 Å². The number of hydrogen-bond donors (Lipinski definition) is 0. The Bertz CT molecular complexity index is 1150. The Morgan fingerprint density at radius 3 is 2.30 bits per heavy atom. The second kappa shape index (κ2) is 9.03. The van der Waals surface area contributed by atoms with E-state index in [0.29, 0.717) is 22.9 Å². The maximum atomic E-state index is 12.8. The van der Waals surface area contributed by atoms with Gasteiger partial charge in [-0.05, 0) is 44.4 Å². The van der Waals surface area contributed by atoms with Crippen molar-refractivity contribution in [2.75, 3.05) is 6.61 Å². The van der Waals surface area contributed by atoms with E-state index >= 15 is 0 Å². The van der Waals surface area contributed by atoms with Crippen LogP contribution in [0.2, 0.25) is 0 Å². The predicted molar refractivity (Wildman–Crippen MR) is 116 cm³/mol. The molecule has 0 saturated carbocycles. The van der Waals surface area contributed by atoms with Crippen LogP contribution in [0, 0.1) is 20.8 Å². The monoisotopic (exact) mass is 406 g/mol. The van der Waals surface area contributed by atoms with E-state index in [0.717, 1.165) is 29.5 Å². The number of aryl methyl sites for hydroxylation is 4. The normalized spacial score (nSPS) is 10.9. The third kappa shape index (κ3) is 4.32. The van der Waals surface area contributed by atoms with Crippen LogP contribution < -0.4 is 5.56 Å². The number of unbranched alkanes of at least 4 members (excludes halogenated alkanes) is 1. The van der Waals surface area contributed by atoms with Crippen molar-refractivity contribution in [2.45, 2.75) is 47.1 Å². The lowest BCUT2D eigenvalue weighted by molar-refractivity contribution is 0.0468. The van der Waals surface area contributed by atoms with Gasteiger partial charge in [0.15, 0.2) is 12.3 Å². The Morgan fingerprint density at radius 2 is 1.67 bits per heavy atom. The van der Waals surface area contributed by atoms with Gasteiger partial charge >= 0.3 is 5.97 Å². The molecule has 0 bridgehead atoms. The molecule has 0 aliphatic rings. The van der Waals surface area contributed by atoms with Gasteiger partial charge < -0.3 is 4.74 Å². The molecule has 1 heterocycles.